The molecule has 0 bridgehead atoms. The summed E-state index contributed by atoms with van der Waals surface area (Å²) in [5.41, 5.74) is -0.0241. The molecule has 1 aromatic rings. The van der Waals surface area contributed by atoms with Gasteiger partial charge in [0.15, 0.2) is 5.78 Å². The van der Waals surface area contributed by atoms with Gasteiger partial charge in [-0.2, -0.15) is 0 Å². The van der Waals surface area contributed by atoms with E-state index in [1.54, 1.807) is 26.5 Å². The lowest BCUT2D eigenvalue weighted by atomic mass is 9.68. The van der Waals surface area contributed by atoms with Gasteiger partial charge in [-0.05, 0) is 31.1 Å². The van der Waals surface area contributed by atoms with Crippen molar-refractivity contribution in [3.8, 4) is 11.5 Å². The van der Waals surface area contributed by atoms with Crippen molar-refractivity contribution in [3.63, 3.8) is 0 Å². The third kappa shape index (κ3) is 2.93. The first-order chi connectivity index (χ1) is 12.6. The quantitative estimate of drug-likeness (QED) is 0.753. The standard InChI is InChI=1S/C20H25NO5/c1-24-15-8-7-14(18(12-15)25-2)13-21-11-9-17(22)16-6-4-5-10-20(16,21)19(23)26-3/h7-9,11-12,16H,4-6,10,13H2,1-3H3/t16-,20-/m1/s1. The fraction of sp³-hybridized carbons (Fsp3) is 0.500. The van der Waals surface area contributed by atoms with Crippen molar-refractivity contribution in [1.82, 2.24) is 4.90 Å². The van der Waals surface area contributed by atoms with Crippen LogP contribution in [-0.4, -0.2) is 43.5 Å². The average molecular weight is 359 g/mol. The normalized spacial score (nSPS) is 24.8. The van der Waals surface area contributed by atoms with Gasteiger partial charge in [-0.25, -0.2) is 4.79 Å². The van der Waals surface area contributed by atoms with E-state index in [0.29, 0.717) is 30.9 Å². The monoisotopic (exact) mass is 359 g/mol. The smallest absolute Gasteiger partial charge is 0.332 e. The van der Waals surface area contributed by atoms with Crippen molar-refractivity contribution < 1.29 is 23.8 Å². The third-order valence-electron chi connectivity index (χ3n) is 5.53. The molecule has 6 nitrogen and oxygen atoms in total. The second-order valence-electron chi connectivity index (χ2n) is 6.74. The van der Waals surface area contributed by atoms with E-state index in [9.17, 15) is 9.59 Å². The number of nitrogens with zero attached hydrogens (tertiary/aromatic N) is 1. The first kappa shape index (κ1) is 18.3. The van der Waals surface area contributed by atoms with Crippen LogP contribution in [0.4, 0.5) is 0 Å². The Morgan fingerprint density at radius 2 is 2.04 bits per heavy atom. The molecule has 1 saturated carbocycles. The number of methoxy groups -OCH3 is 3. The van der Waals surface area contributed by atoms with Gasteiger partial charge >= 0.3 is 5.97 Å². The minimum absolute atomic E-state index is 0.00745. The van der Waals surface area contributed by atoms with Gasteiger partial charge in [0.1, 0.15) is 17.0 Å². The molecular weight excluding hydrogens is 334 g/mol. The summed E-state index contributed by atoms with van der Waals surface area (Å²) in [6.07, 6.45) is 6.46. The molecular formula is C20H25NO5. The number of ketones is 1. The molecule has 0 amide bonds. The topological polar surface area (TPSA) is 65.1 Å². The van der Waals surface area contributed by atoms with Crippen LogP contribution < -0.4 is 9.47 Å². The van der Waals surface area contributed by atoms with E-state index < -0.39 is 5.54 Å². The molecule has 1 aliphatic carbocycles. The molecule has 0 N–H and O–H groups in total. The summed E-state index contributed by atoms with van der Waals surface area (Å²) >= 11 is 0. The van der Waals surface area contributed by atoms with Crippen molar-refractivity contribution in [3.05, 3.63) is 36.0 Å². The Morgan fingerprint density at radius 3 is 2.73 bits per heavy atom. The lowest BCUT2D eigenvalue weighted by Crippen LogP contribution is -2.62. The summed E-state index contributed by atoms with van der Waals surface area (Å²) in [4.78, 5) is 27.3. The van der Waals surface area contributed by atoms with Gasteiger partial charge in [0.2, 0.25) is 0 Å². The second kappa shape index (κ2) is 7.40. The highest BCUT2D eigenvalue weighted by Gasteiger charge is 2.55. The van der Waals surface area contributed by atoms with Gasteiger partial charge in [0.05, 0.1) is 27.2 Å². The molecule has 6 heteroatoms. The van der Waals surface area contributed by atoms with Crippen LogP contribution >= 0.6 is 0 Å². The number of hydrogen-bond donors (Lipinski definition) is 0. The Labute approximate surface area is 153 Å². The molecule has 0 aromatic heterocycles. The Morgan fingerprint density at radius 1 is 1.23 bits per heavy atom. The molecule has 0 saturated heterocycles. The van der Waals surface area contributed by atoms with Crippen LogP contribution in [-0.2, 0) is 20.9 Å². The number of esters is 1. The number of carbonyl (C=O) groups excluding carboxylic acids is 2. The second-order valence-corrected chi connectivity index (χ2v) is 6.74. The van der Waals surface area contributed by atoms with Gasteiger partial charge in [-0.1, -0.05) is 12.8 Å². The summed E-state index contributed by atoms with van der Waals surface area (Å²) in [5, 5.41) is 0. The van der Waals surface area contributed by atoms with Gasteiger partial charge in [0, 0.05) is 24.4 Å². The highest BCUT2D eigenvalue weighted by atomic mass is 16.5. The van der Waals surface area contributed by atoms with E-state index in [1.807, 2.05) is 23.1 Å². The molecule has 26 heavy (non-hydrogen) atoms. The number of benzene rings is 1. The number of allylic oxidation sites excluding steroid dienone is 1. The summed E-state index contributed by atoms with van der Waals surface area (Å²) in [7, 11) is 4.59. The van der Waals surface area contributed by atoms with E-state index in [0.717, 1.165) is 18.4 Å². The van der Waals surface area contributed by atoms with Crippen molar-refractivity contribution >= 4 is 11.8 Å². The zero-order valence-corrected chi connectivity index (χ0v) is 15.5. The zero-order chi connectivity index (χ0) is 18.7. The van der Waals surface area contributed by atoms with Crippen LogP contribution in [0.3, 0.4) is 0 Å². The first-order valence-corrected chi connectivity index (χ1v) is 8.85. The lowest BCUT2D eigenvalue weighted by molar-refractivity contribution is -0.164. The summed E-state index contributed by atoms with van der Waals surface area (Å²) < 4.78 is 15.9. The molecule has 2 atom stereocenters. The van der Waals surface area contributed by atoms with Crippen LogP contribution in [0.2, 0.25) is 0 Å². The van der Waals surface area contributed by atoms with Crippen LogP contribution in [0, 0.1) is 5.92 Å². The van der Waals surface area contributed by atoms with Crippen LogP contribution in [0.25, 0.3) is 0 Å². The Kier molecular flexibility index (Phi) is 5.20. The summed E-state index contributed by atoms with van der Waals surface area (Å²) in [6, 6.07) is 5.60. The molecule has 1 fully saturated rings. The molecule has 3 rings (SSSR count). The number of ether oxygens (including phenoxy) is 3. The van der Waals surface area contributed by atoms with Crippen LogP contribution in [0.5, 0.6) is 11.5 Å². The maximum absolute atomic E-state index is 12.8. The molecule has 0 radical (unpaired) electrons. The molecule has 1 aromatic carbocycles. The number of hydrogen-bond acceptors (Lipinski definition) is 6. The fourth-order valence-corrected chi connectivity index (χ4v) is 4.19. The van der Waals surface area contributed by atoms with E-state index >= 15 is 0 Å². The maximum Gasteiger partial charge on any atom is 0.332 e. The van der Waals surface area contributed by atoms with Gasteiger partial charge in [0.25, 0.3) is 0 Å². The Hall–Kier alpha value is -2.50. The van der Waals surface area contributed by atoms with Gasteiger partial charge in [-0.3, -0.25) is 4.79 Å². The van der Waals surface area contributed by atoms with Crippen molar-refractivity contribution in [2.45, 2.75) is 37.8 Å². The highest BCUT2D eigenvalue weighted by molar-refractivity contribution is 5.99. The van der Waals surface area contributed by atoms with Crippen molar-refractivity contribution in [2.75, 3.05) is 21.3 Å². The Balaban J connectivity index is 2.01. The first-order valence-electron chi connectivity index (χ1n) is 8.85. The number of carbonyl (C=O) groups is 2. The largest absolute Gasteiger partial charge is 0.497 e. The maximum atomic E-state index is 12.8. The summed E-state index contributed by atoms with van der Waals surface area (Å²) in [6.45, 7) is 0.447. The van der Waals surface area contributed by atoms with Crippen LogP contribution in [0.1, 0.15) is 31.2 Å². The van der Waals surface area contributed by atoms with Crippen molar-refractivity contribution in [2.24, 2.45) is 5.92 Å². The van der Waals surface area contributed by atoms with E-state index in [4.69, 9.17) is 14.2 Å². The minimum Gasteiger partial charge on any atom is -0.497 e. The summed E-state index contributed by atoms with van der Waals surface area (Å²) in [5.74, 6) is 0.689. The van der Waals surface area contributed by atoms with E-state index in [2.05, 4.69) is 0 Å². The van der Waals surface area contributed by atoms with Crippen LogP contribution in [0.15, 0.2) is 30.5 Å². The van der Waals surface area contributed by atoms with E-state index in [1.165, 1.54) is 7.11 Å². The van der Waals surface area contributed by atoms with Gasteiger partial charge < -0.3 is 19.1 Å². The zero-order valence-electron chi connectivity index (χ0n) is 15.5. The predicted octanol–water partition coefficient (Wildman–Crippen LogP) is 2.70. The predicted molar refractivity (Wildman–Crippen MR) is 95.9 cm³/mol. The molecule has 1 aliphatic heterocycles. The number of rotatable bonds is 5. The lowest BCUT2D eigenvalue weighted by Gasteiger charge is -2.49. The molecule has 1 heterocycles. The fourth-order valence-electron chi connectivity index (χ4n) is 4.19. The van der Waals surface area contributed by atoms with Crippen molar-refractivity contribution in [1.29, 1.82) is 0 Å². The highest BCUT2D eigenvalue weighted by Crippen LogP contribution is 2.44. The Bertz CT molecular complexity index is 729. The average Bonchev–Trinajstić information content (AvgIpc) is 2.69. The van der Waals surface area contributed by atoms with Gasteiger partial charge in [-0.15, -0.1) is 0 Å². The minimum atomic E-state index is -0.941. The number of fused-ring (bicyclic) bond motifs is 1. The molecule has 140 valence electrons. The molecule has 0 spiro atoms. The third-order valence-corrected chi connectivity index (χ3v) is 5.53. The SMILES string of the molecule is COC(=O)[C@@]12CCCC[C@@H]1C(=O)C=CN2Cc1ccc(OC)cc1OC. The molecule has 2 aliphatic rings. The van der Waals surface area contributed by atoms with E-state index in [-0.39, 0.29) is 17.7 Å². The molecule has 0 unspecified atom stereocenters.